The van der Waals surface area contributed by atoms with Crippen LogP contribution in [0.1, 0.15) is 31.8 Å². The molecule has 1 aromatic heterocycles. The van der Waals surface area contributed by atoms with Crippen molar-refractivity contribution in [3.8, 4) is 5.69 Å². The number of aromatic nitrogens is 3. The van der Waals surface area contributed by atoms with Crippen molar-refractivity contribution in [2.75, 3.05) is 11.1 Å². The highest BCUT2D eigenvalue weighted by Gasteiger charge is 2.13. The molecule has 0 bridgehead atoms. The first-order chi connectivity index (χ1) is 15.5. The molecule has 6 nitrogen and oxygen atoms in total. The van der Waals surface area contributed by atoms with Crippen molar-refractivity contribution in [3.63, 3.8) is 0 Å². The molecule has 0 aliphatic carbocycles. The Hall–Kier alpha value is -3.71. The predicted molar refractivity (Wildman–Crippen MR) is 127 cm³/mol. The highest BCUT2D eigenvalue weighted by atomic mass is 32.2. The summed E-state index contributed by atoms with van der Waals surface area (Å²) in [5.41, 5.74) is 5.09. The summed E-state index contributed by atoms with van der Waals surface area (Å²) in [6.45, 7) is 4.09. The highest BCUT2D eigenvalue weighted by Crippen LogP contribution is 2.23. The van der Waals surface area contributed by atoms with Crippen LogP contribution in [-0.2, 0) is 0 Å². The fourth-order valence-corrected chi connectivity index (χ4v) is 4.13. The molecule has 3 aromatic carbocycles. The number of nitrogens with zero attached hydrogens (tertiary/aromatic N) is 3. The van der Waals surface area contributed by atoms with Crippen LogP contribution in [-0.4, -0.2) is 32.2 Å². The van der Waals surface area contributed by atoms with E-state index in [1.54, 1.807) is 42.7 Å². The normalized spacial score (nSPS) is 10.7. The van der Waals surface area contributed by atoms with E-state index in [0.717, 1.165) is 11.3 Å². The molecule has 0 saturated heterocycles. The van der Waals surface area contributed by atoms with E-state index in [0.29, 0.717) is 22.0 Å². The molecule has 1 heterocycles. The number of aryl methyl sites for hydroxylation is 2. The van der Waals surface area contributed by atoms with Crippen LogP contribution >= 0.6 is 11.8 Å². The van der Waals surface area contributed by atoms with Gasteiger partial charge in [-0.1, -0.05) is 47.7 Å². The second-order valence-corrected chi connectivity index (χ2v) is 8.33. The summed E-state index contributed by atoms with van der Waals surface area (Å²) in [6, 6.07) is 22.1. The lowest BCUT2D eigenvalue weighted by molar-refractivity contribution is 0.101. The maximum atomic E-state index is 12.7. The average molecular weight is 443 g/mol. The van der Waals surface area contributed by atoms with Crippen molar-refractivity contribution < 1.29 is 9.59 Å². The van der Waals surface area contributed by atoms with Crippen LogP contribution in [0.25, 0.3) is 5.69 Å². The van der Waals surface area contributed by atoms with Gasteiger partial charge in [0, 0.05) is 16.8 Å². The fraction of sp³-hybridized carbons (Fsp3) is 0.120. The first kappa shape index (κ1) is 21.5. The van der Waals surface area contributed by atoms with Gasteiger partial charge in [-0.2, -0.15) is 0 Å². The predicted octanol–water partition coefficient (Wildman–Crippen LogP) is 5.11. The van der Waals surface area contributed by atoms with Gasteiger partial charge in [0.05, 0.1) is 11.4 Å². The Labute approximate surface area is 190 Å². The number of amides is 1. The number of Topliss-reactive ketones (excluding diaryl/α,β-unsaturated/α-hetero) is 1. The number of nitrogens with one attached hydrogen (secondary N) is 1. The number of carbonyl (C=O) groups is 2. The van der Waals surface area contributed by atoms with E-state index >= 15 is 0 Å². The number of hydrogen-bond donors (Lipinski definition) is 1. The Bertz CT molecular complexity index is 1250. The smallest absolute Gasteiger partial charge is 0.255 e. The molecule has 0 fully saturated rings. The second kappa shape index (κ2) is 9.62. The van der Waals surface area contributed by atoms with Crippen molar-refractivity contribution in [2.45, 2.75) is 19.0 Å². The van der Waals surface area contributed by atoms with Gasteiger partial charge in [0.15, 0.2) is 10.9 Å². The van der Waals surface area contributed by atoms with Crippen LogP contribution in [0.5, 0.6) is 0 Å². The minimum Gasteiger partial charge on any atom is -0.322 e. The maximum Gasteiger partial charge on any atom is 0.255 e. The second-order valence-electron chi connectivity index (χ2n) is 7.38. The lowest BCUT2D eigenvalue weighted by atomic mass is 10.1. The van der Waals surface area contributed by atoms with Crippen molar-refractivity contribution in [3.05, 3.63) is 101 Å². The quantitative estimate of drug-likeness (QED) is 0.318. The van der Waals surface area contributed by atoms with Crippen LogP contribution in [0.2, 0.25) is 0 Å². The van der Waals surface area contributed by atoms with Gasteiger partial charge in [-0.3, -0.25) is 14.2 Å². The van der Waals surface area contributed by atoms with Gasteiger partial charge in [-0.15, -0.1) is 10.2 Å². The Morgan fingerprint density at radius 1 is 0.938 bits per heavy atom. The lowest BCUT2D eigenvalue weighted by Crippen LogP contribution is -2.12. The van der Waals surface area contributed by atoms with Gasteiger partial charge in [-0.25, -0.2) is 0 Å². The summed E-state index contributed by atoms with van der Waals surface area (Å²) >= 11 is 1.35. The molecule has 7 heteroatoms. The standard InChI is InChI=1S/C25H22N4O2S/c1-17-8-13-22(18(2)14-17)29-16-26-28-25(29)32-15-23(30)19-9-11-21(12-10-19)27-24(31)20-6-4-3-5-7-20/h3-14,16H,15H2,1-2H3,(H,27,31). The van der Waals surface area contributed by atoms with E-state index < -0.39 is 0 Å². The molecule has 4 rings (SSSR count). The zero-order valence-electron chi connectivity index (χ0n) is 17.8. The topological polar surface area (TPSA) is 76.9 Å². The molecular formula is C25H22N4O2S. The number of rotatable bonds is 7. The van der Waals surface area contributed by atoms with Gasteiger partial charge < -0.3 is 5.32 Å². The van der Waals surface area contributed by atoms with Crippen molar-refractivity contribution >= 4 is 29.1 Å². The molecular weight excluding hydrogens is 420 g/mol. The van der Waals surface area contributed by atoms with E-state index in [2.05, 4.69) is 28.5 Å². The minimum absolute atomic E-state index is 0.0221. The number of thioether (sulfide) groups is 1. The van der Waals surface area contributed by atoms with Crippen LogP contribution in [0.3, 0.4) is 0 Å². The number of hydrogen-bond acceptors (Lipinski definition) is 5. The Morgan fingerprint density at radius 2 is 1.69 bits per heavy atom. The summed E-state index contributed by atoms with van der Waals surface area (Å²) < 4.78 is 1.90. The Kier molecular flexibility index (Phi) is 6.47. The van der Waals surface area contributed by atoms with Crippen molar-refractivity contribution in [1.29, 1.82) is 0 Å². The van der Waals surface area contributed by atoms with Gasteiger partial charge in [0.1, 0.15) is 6.33 Å². The van der Waals surface area contributed by atoms with Gasteiger partial charge in [-0.05, 0) is 61.9 Å². The molecule has 160 valence electrons. The third kappa shape index (κ3) is 4.95. The summed E-state index contributed by atoms with van der Waals surface area (Å²) in [5.74, 6) is 0.0244. The molecule has 0 spiro atoms. The summed E-state index contributed by atoms with van der Waals surface area (Å²) in [6.07, 6.45) is 1.66. The zero-order chi connectivity index (χ0) is 22.5. The molecule has 0 aliphatic heterocycles. The minimum atomic E-state index is -0.189. The van der Waals surface area contributed by atoms with E-state index in [9.17, 15) is 9.59 Å². The van der Waals surface area contributed by atoms with Crippen molar-refractivity contribution in [1.82, 2.24) is 14.8 Å². The first-order valence-corrected chi connectivity index (χ1v) is 11.1. The summed E-state index contributed by atoms with van der Waals surface area (Å²) in [5, 5.41) is 11.7. The lowest BCUT2D eigenvalue weighted by Gasteiger charge is -2.10. The van der Waals surface area contributed by atoms with Crippen molar-refractivity contribution in [2.24, 2.45) is 0 Å². The molecule has 0 saturated carbocycles. The first-order valence-electron chi connectivity index (χ1n) is 10.1. The summed E-state index contributed by atoms with van der Waals surface area (Å²) in [4.78, 5) is 25.0. The monoisotopic (exact) mass is 442 g/mol. The molecule has 0 unspecified atom stereocenters. The van der Waals surface area contributed by atoms with Gasteiger partial charge >= 0.3 is 0 Å². The van der Waals surface area contributed by atoms with E-state index in [4.69, 9.17) is 0 Å². The molecule has 1 amide bonds. The zero-order valence-corrected chi connectivity index (χ0v) is 18.6. The molecule has 1 N–H and O–H groups in total. The summed E-state index contributed by atoms with van der Waals surface area (Å²) in [7, 11) is 0. The van der Waals surface area contributed by atoms with Gasteiger partial charge in [0.25, 0.3) is 5.91 Å². The van der Waals surface area contributed by atoms with E-state index in [1.807, 2.05) is 41.8 Å². The third-order valence-electron chi connectivity index (χ3n) is 4.96. The van der Waals surface area contributed by atoms with Gasteiger partial charge in [0.2, 0.25) is 0 Å². The van der Waals surface area contributed by atoms with E-state index in [-0.39, 0.29) is 17.4 Å². The largest absolute Gasteiger partial charge is 0.322 e. The molecule has 4 aromatic rings. The maximum absolute atomic E-state index is 12.7. The SMILES string of the molecule is Cc1ccc(-n2cnnc2SCC(=O)c2ccc(NC(=O)c3ccccc3)cc2)c(C)c1. The fourth-order valence-electron chi connectivity index (χ4n) is 3.31. The molecule has 32 heavy (non-hydrogen) atoms. The number of benzene rings is 3. The van der Waals surface area contributed by atoms with Crippen LogP contribution in [0, 0.1) is 13.8 Å². The van der Waals surface area contributed by atoms with Crippen LogP contribution in [0.4, 0.5) is 5.69 Å². The number of anilines is 1. The molecule has 0 aliphatic rings. The number of ketones is 1. The number of carbonyl (C=O) groups excluding carboxylic acids is 2. The Morgan fingerprint density at radius 3 is 2.41 bits per heavy atom. The Balaban J connectivity index is 1.39. The highest BCUT2D eigenvalue weighted by molar-refractivity contribution is 7.99. The van der Waals surface area contributed by atoms with Crippen LogP contribution in [0.15, 0.2) is 84.3 Å². The molecule has 0 atom stereocenters. The average Bonchev–Trinajstić information content (AvgIpc) is 3.27. The molecule has 0 radical (unpaired) electrons. The van der Waals surface area contributed by atoms with E-state index in [1.165, 1.54) is 17.3 Å². The van der Waals surface area contributed by atoms with Crippen LogP contribution < -0.4 is 5.32 Å². The third-order valence-corrected chi connectivity index (χ3v) is 5.90.